The summed E-state index contributed by atoms with van der Waals surface area (Å²) in [4.78, 5) is 0. The van der Waals surface area contributed by atoms with Gasteiger partial charge >= 0.3 is 0 Å². The normalized spacial score (nSPS) is 22.7. The molecule has 0 bridgehead atoms. The molecule has 5 rings (SSSR count). The molecule has 3 aromatic carbocycles. The predicted octanol–water partition coefficient (Wildman–Crippen LogP) is 6.15. The zero-order valence-corrected chi connectivity index (χ0v) is 16.7. The molecular formula is C25H24ClNO. The summed E-state index contributed by atoms with van der Waals surface area (Å²) in [6, 6.07) is 24.6. The topological polar surface area (TPSA) is 21.3 Å². The Balaban J connectivity index is 1.25. The van der Waals surface area contributed by atoms with Crippen LogP contribution in [0.25, 0.3) is 11.1 Å². The number of methoxy groups -OCH3 is 1. The lowest BCUT2D eigenvalue weighted by Gasteiger charge is -2.15. The number of rotatable bonds is 5. The summed E-state index contributed by atoms with van der Waals surface area (Å²) in [5, 5.41) is 4.67. The average molecular weight is 390 g/mol. The predicted molar refractivity (Wildman–Crippen MR) is 115 cm³/mol. The largest absolute Gasteiger partial charge is 0.497 e. The zero-order valence-electron chi connectivity index (χ0n) is 16.0. The van der Waals surface area contributed by atoms with Crippen LogP contribution in [0.1, 0.15) is 41.5 Å². The Kier molecular flexibility index (Phi) is 4.62. The fraction of sp³-hybridized carbons (Fsp3) is 0.280. The van der Waals surface area contributed by atoms with Crippen molar-refractivity contribution in [2.75, 3.05) is 7.11 Å². The van der Waals surface area contributed by atoms with Crippen molar-refractivity contribution in [3.05, 3.63) is 88.4 Å². The van der Waals surface area contributed by atoms with Crippen LogP contribution in [0.2, 0.25) is 5.02 Å². The van der Waals surface area contributed by atoms with E-state index in [-0.39, 0.29) is 0 Å². The molecule has 0 aliphatic heterocycles. The summed E-state index contributed by atoms with van der Waals surface area (Å²) in [5.41, 5.74) is 6.75. The number of hydrogen-bond acceptors (Lipinski definition) is 2. The molecule has 3 heteroatoms. The van der Waals surface area contributed by atoms with Crippen molar-refractivity contribution in [3.8, 4) is 16.9 Å². The molecule has 1 fully saturated rings. The second-order valence-electron chi connectivity index (χ2n) is 7.90. The SMILES string of the molecule is COc1ccc2c(c1)C(NC1CC1c1ccc(-c3ccc(Cl)cc3)cc1)CC2. The zero-order chi connectivity index (χ0) is 19.1. The van der Waals surface area contributed by atoms with Crippen molar-refractivity contribution >= 4 is 11.6 Å². The lowest BCUT2D eigenvalue weighted by molar-refractivity contribution is 0.413. The average Bonchev–Trinajstić information content (AvgIpc) is 3.40. The van der Waals surface area contributed by atoms with E-state index in [0.717, 1.165) is 17.2 Å². The van der Waals surface area contributed by atoms with Gasteiger partial charge in [-0.1, -0.05) is 54.1 Å². The van der Waals surface area contributed by atoms with Crippen molar-refractivity contribution in [2.24, 2.45) is 0 Å². The minimum Gasteiger partial charge on any atom is -0.497 e. The monoisotopic (exact) mass is 389 g/mol. The second-order valence-corrected chi connectivity index (χ2v) is 8.34. The number of hydrogen-bond donors (Lipinski definition) is 1. The fourth-order valence-corrected chi connectivity index (χ4v) is 4.58. The van der Waals surface area contributed by atoms with Gasteiger partial charge in [-0.05, 0) is 71.3 Å². The highest BCUT2D eigenvalue weighted by atomic mass is 35.5. The number of ether oxygens (including phenoxy) is 1. The van der Waals surface area contributed by atoms with Crippen molar-refractivity contribution < 1.29 is 4.74 Å². The molecule has 1 N–H and O–H groups in total. The third kappa shape index (κ3) is 3.43. The van der Waals surface area contributed by atoms with Crippen LogP contribution in [0.4, 0.5) is 0 Å². The Morgan fingerprint density at radius 1 is 0.929 bits per heavy atom. The van der Waals surface area contributed by atoms with Gasteiger partial charge in [0.15, 0.2) is 0 Å². The van der Waals surface area contributed by atoms with Crippen LogP contribution in [0.5, 0.6) is 5.75 Å². The maximum atomic E-state index is 5.99. The summed E-state index contributed by atoms with van der Waals surface area (Å²) in [6.07, 6.45) is 3.56. The van der Waals surface area contributed by atoms with Crippen molar-refractivity contribution in [3.63, 3.8) is 0 Å². The van der Waals surface area contributed by atoms with E-state index in [1.807, 2.05) is 12.1 Å². The first-order valence-electron chi connectivity index (χ1n) is 10.00. The highest BCUT2D eigenvalue weighted by molar-refractivity contribution is 6.30. The molecule has 3 aromatic rings. The molecule has 3 unspecified atom stereocenters. The minimum absolute atomic E-state index is 0.452. The van der Waals surface area contributed by atoms with Gasteiger partial charge in [0, 0.05) is 23.0 Å². The summed E-state index contributed by atoms with van der Waals surface area (Å²) >= 11 is 5.99. The molecule has 3 atom stereocenters. The van der Waals surface area contributed by atoms with Crippen LogP contribution < -0.4 is 10.1 Å². The Labute approximate surface area is 171 Å². The molecule has 0 aromatic heterocycles. The highest BCUT2D eigenvalue weighted by Crippen LogP contribution is 2.44. The van der Waals surface area contributed by atoms with E-state index in [1.165, 1.54) is 40.7 Å². The summed E-state index contributed by atoms with van der Waals surface area (Å²) < 4.78 is 5.42. The van der Waals surface area contributed by atoms with Gasteiger partial charge in [0.2, 0.25) is 0 Å². The third-order valence-corrected chi connectivity index (χ3v) is 6.40. The molecule has 142 valence electrons. The molecule has 28 heavy (non-hydrogen) atoms. The summed E-state index contributed by atoms with van der Waals surface area (Å²) in [6.45, 7) is 0. The first-order chi connectivity index (χ1) is 13.7. The molecule has 0 spiro atoms. The smallest absolute Gasteiger partial charge is 0.119 e. The van der Waals surface area contributed by atoms with Gasteiger partial charge in [-0.3, -0.25) is 0 Å². The van der Waals surface area contributed by atoms with Crippen LogP contribution in [0.3, 0.4) is 0 Å². The lowest BCUT2D eigenvalue weighted by Crippen LogP contribution is -2.22. The van der Waals surface area contributed by atoms with Crippen molar-refractivity contribution in [1.29, 1.82) is 0 Å². The van der Waals surface area contributed by atoms with Crippen molar-refractivity contribution in [2.45, 2.75) is 37.3 Å². The van der Waals surface area contributed by atoms with Gasteiger partial charge in [0.25, 0.3) is 0 Å². The quantitative estimate of drug-likeness (QED) is 0.565. The van der Waals surface area contributed by atoms with E-state index < -0.39 is 0 Å². The first-order valence-corrected chi connectivity index (χ1v) is 10.4. The van der Waals surface area contributed by atoms with Crippen LogP contribution in [0, 0.1) is 0 Å². The molecular weight excluding hydrogens is 366 g/mol. The van der Waals surface area contributed by atoms with Crippen LogP contribution in [-0.4, -0.2) is 13.2 Å². The number of nitrogens with one attached hydrogen (secondary N) is 1. The minimum atomic E-state index is 0.452. The van der Waals surface area contributed by atoms with Crippen molar-refractivity contribution in [1.82, 2.24) is 5.32 Å². The molecule has 2 nitrogen and oxygen atoms in total. The fourth-order valence-electron chi connectivity index (χ4n) is 4.45. The second kappa shape index (κ2) is 7.27. The van der Waals surface area contributed by atoms with Gasteiger partial charge in [-0.15, -0.1) is 0 Å². The molecule has 0 saturated heterocycles. The Hall–Kier alpha value is -2.29. The number of aryl methyl sites for hydroxylation is 1. The first kappa shape index (κ1) is 17.8. The highest BCUT2D eigenvalue weighted by Gasteiger charge is 2.40. The van der Waals surface area contributed by atoms with Crippen LogP contribution >= 0.6 is 11.6 Å². The van der Waals surface area contributed by atoms with Crippen LogP contribution in [-0.2, 0) is 6.42 Å². The molecule has 2 aliphatic carbocycles. The van der Waals surface area contributed by atoms with E-state index in [9.17, 15) is 0 Å². The third-order valence-electron chi connectivity index (χ3n) is 6.15. The molecule has 0 heterocycles. The van der Waals surface area contributed by atoms with Gasteiger partial charge < -0.3 is 10.1 Å². The molecule has 0 radical (unpaired) electrons. The van der Waals surface area contributed by atoms with Gasteiger partial charge in [0.05, 0.1) is 7.11 Å². The number of benzene rings is 3. The molecule has 2 aliphatic rings. The van der Waals surface area contributed by atoms with Gasteiger partial charge in [-0.2, -0.15) is 0 Å². The van der Waals surface area contributed by atoms with E-state index >= 15 is 0 Å². The Morgan fingerprint density at radius 2 is 1.64 bits per heavy atom. The van der Waals surface area contributed by atoms with Gasteiger partial charge in [0.1, 0.15) is 5.75 Å². The van der Waals surface area contributed by atoms with E-state index in [4.69, 9.17) is 16.3 Å². The number of halogens is 1. The van der Waals surface area contributed by atoms with E-state index in [2.05, 4.69) is 59.9 Å². The maximum Gasteiger partial charge on any atom is 0.119 e. The van der Waals surface area contributed by atoms with Gasteiger partial charge in [-0.25, -0.2) is 0 Å². The van der Waals surface area contributed by atoms with E-state index in [1.54, 1.807) is 7.11 Å². The lowest BCUT2D eigenvalue weighted by atomic mass is 10.0. The Morgan fingerprint density at radius 3 is 2.36 bits per heavy atom. The summed E-state index contributed by atoms with van der Waals surface area (Å²) in [5.74, 6) is 1.58. The molecule has 1 saturated carbocycles. The van der Waals surface area contributed by atoms with E-state index in [0.29, 0.717) is 18.0 Å². The Bertz CT molecular complexity index is 980. The maximum absolute atomic E-state index is 5.99. The van der Waals surface area contributed by atoms with Crippen LogP contribution in [0.15, 0.2) is 66.7 Å². The number of fused-ring (bicyclic) bond motifs is 1. The summed E-state index contributed by atoms with van der Waals surface area (Å²) in [7, 11) is 1.74. The molecule has 0 amide bonds. The standard InChI is InChI=1S/C25H24ClNO/c1-28-21-12-8-19-9-13-24(22(19)14-21)27-25-15-23(25)18-4-2-16(3-5-18)17-6-10-20(26)11-7-17/h2-8,10-12,14,23-25,27H,9,13,15H2,1H3.